The molecule has 8 nitrogen and oxygen atoms in total. The summed E-state index contributed by atoms with van der Waals surface area (Å²) >= 11 is 0. The zero-order chi connectivity index (χ0) is 31.1. The van der Waals surface area contributed by atoms with Gasteiger partial charge >= 0.3 is 12.2 Å². The van der Waals surface area contributed by atoms with Crippen molar-refractivity contribution >= 4 is 12.2 Å². The first-order chi connectivity index (χ1) is 18.8. The molecule has 0 unspecified atom stereocenters. The van der Waals surface area contributed by atoms with Crippen LogP contribution in [0.3, 0.4) is 0 Å². The molecule has 0 aromatic carbocycles. The smallest absolute Gasteiger partial charge is 0.412 e. The summed E-state index contributed by atoms with van der Waals surface area (Å²) in [6, 6.07) is -0.842. The van der Waals surface area contributed by atoms with Crippen LogP contribution in [-0.2, 0) is 14.2 Å². The molecule has 3 fully saturated rings. The summed E-state index contributed by atoms with van der Waals surface area (Å²) in [6.07, 6.45) is 7.46. The van der Waals surface area contributed by atoms with E-state index in [4.69, 9.17) is 14.2 Å². The molecule has 41 heavy (non-hydrogen) atoms. The van der Waals surface area contributed by atoms with Gasteiger partial charge in [-0.25, -0.2) is 18.4 Å². The average molecular weight is 591 g/mol. The van der Waals surface area contributed by atoms with E-state index >= 15 is 4.39 Å². The number of carbonyl (C=O) groups excluding carboxylic acids is 2. The molecular weight excluding hydrogens is 534 g/mol. The number of carbonyl (C=O) groups is 2. The van der Waals surface area contributed by atoms with E-state index in [9.17, 15) is 19.1 Å². The van der Waals surface area contributed by atoms with Crippen molar-refractivity contribution in [3.8, 4) is 0 Å². The van der Waals surface area contributed by atoms with Crippen molar-refractivity contribution in [2.24, 2.45) is 0 Å². The van der Waals surface area contributed by atoms with Gasteiger partial charge in [-0.05, 0) is 81.1 Å². The first-order valence-corrected chi connectivity index (χ1v) is 15.4. The largest absolute Gasteiger partial charge is 0.444 e. The van der Waals surface area contributed by atoms with Gasteiger partial charge < -0.3 is 24.6 Å². The molecule has 0 radical (unpaired) electrons. The summed E-state index contributed by atoms with van der Waals surface area (Å²) in [4.78, 5) is 25.7. The van der Waals surface area contributed by atoms with E-state index in [1.165, 1.54) is 0 Å². The highest BCUT2D eigenvalue weighted by Crippen LogP contribution is 2.40. The summed E-state index contributed by atoms with van der Waals surface area (Å²) in [7, 11) is 0. The Kier molecular flexibility index (Phi) is 12.3. The molecule has 0 spiro atoms. The second-order valence-electron chi connectivity index (χ2n) is 14.6. The van der Waals surface area contributed by atoms with Gasteiger partial charge in [0.05, 0.1) is 25.3 Å². The lowest BCUT2D eigenvalue weighted by atomic mass is 9.82. The first kappa shape index (κ1) is 35.5. The number of amides is 2. The minimum Gasteiger partial charge on any atom is -0.444 e. The fraction of sp³-hybridized carbons (Fsp3) is 0.935. The third-order valence-electron chi connectivity index (χ3n) is 7.82. The van der Waals surface area contributed by atoms with E-state index < -0.39 is 46.5 Å². The predicted octanol–water partition coefficient (Wildman–Crippen LogP) is 7.36. The Morgan fingerprint density at radius 2 is 1.39 bits per heavy atom. The monoisotopic (exact) mass is 590 g/mol. The van der Waals surface area contributed by atoms with Crippen LogP contribution < -0.4 is 5.32 Å². The van der Waals surface area contributed by atoms with E-state index in [0.717, 1.165) is 38.5 Å². The molecule has 2 amide bonds. The molecule has 2 aliphatic carbocycles. The van der Waals surface area contributed by atoms with Crippen LogP contribution in [0.15, 0.2) is 0 Å². The molecular formula is C31H56F2N2O6. The molecule has 2 N–H and O–H groups in total. The second-order valence-corrected chi connectivity index (χ2v) is 14.6. The third kappa shape index (κ3) is 12.2. The van der Waals surface area contributed by atoms with Gasteiger partial charge in [-0.2, -0.15) is 0 Å². The van der Waals surface area contributed by atoms with Gasteiger partial charge in [0.25, 0.3) is 0 Å². The molecule has 240 valence electrons. The zero-order valence-corrected chi connectivity index (χ0v) is 26.7. The van der Waals surface area contributed by atoms with Crippen molar-refractivity contribution in [3.05, 3.63) is 0 Å². The predicted molar refractivity (Wildman–Crippen MR) is 155 cm³/mol. The highest BCUT2D eigenvalue weighted by atomic mass is 19.1. The molecule has 3 aliphatic rings. The molecule has 0 bridgehead atoms. The Morgan fingerprint density at radius 3 is 1.85 bits per heavy atom. The first-order valence-electron chi connectivity index (χ1n) is 15.4. The molecule has 3 rings (SSSR count). The van der Waals surface area contributed by atoms with Gasteiger partial charge in [0.2, 0.25) is 0 Å². The van der Waals surface area contributed by atoms with Crippen molar-refractivity contribution in [1.82, 2.24) is 10.2 Å². The highest BCUT2D eigenvalue weighted by Gasteiger charge is 2.49. The van der Waals surface area contributed by atoms with E-state index in [1.807, 2.05) is 34.6 Å². The van der Waals surface area contributed by atoms with E-state index in [-0.39, 0.29) is 19.1 Å². The van der Waals surface area contributed by atoms with Gasteiger partial charge in [-0.1, -0.05) is 38.5 Å². The molecule has 0 aromatic heterocycles. The van der Waals surface area contributed by atoms with Crippen LogP contribution in [0.25, 0.3) is 0 Å². The summed E-state index contributed by atoms with van der Waals surface area (Å²) in [6.45, 7) is 14.6. The molecule has 1 heterocycles. The number of alkyl halides is 2. The van der Waals surface area contributed by atoms with Crippen LogP contribution in [0.5, 0.6) is 0 Å². The van der Waals surface area contributed by atoms with Crippen molar-refractivity contribution in [2.45, 2.75) is 173 Å². The fourth-order valence-corrected chi connectivity index (χ4v) is 5.99. The molecule has 2 saturated carbocycles. The molecule has 2 atom stereocenters. The van der Waals surface area contributed by atoms with Crippen LogP contribution in [0.1, 0.15) is 132 Å². The number of hydrogen-bond acceptors (Lipinski definition) is 6. The number of hydrogen-bond donors (Lipinski definition) is 2. The van der Waals surface area contributed by atoms with Crippen molar-refractivity contribution < 1.29 is 37.7 Å². The van der Waals surface area contributed by atoms with E-state index in [0.29, 0.717) is 38.7 Å². The van der Waals surface area contributed by atoms with Crippen molar-refractivity contribution in [1.29, 1.82) is 0 Å². The average Bonchev–Trinajstić information content (AvgIpc) is 3.10. The minimum atomic E-state index is -1.26. The van der Waals surface area contributed by atoms with Gasteiger partial charge in [0.15, 0.2) is 0 Å². The maximum atomic E-state index is 15.0. The number of alkyl carbamates (subject to hydrolysis) is 1. The number of aliphatic hydroxyl groups excluding tert-OH is 1. The van der Waals surface area contributed by atoms with Crippen LogP contribution >= 0.6 is 0 Å². The Morgan fingerprint density at radius 1 is 0.902 bits per heavy atom. The fourth-order valence-electron chi connectivity index (χ4n) is 5.99. The number of nitrogens with zero attached hydrogens (tertiary/aromatic N) is 1. The molecule has 1 aliphatic heterocycles. The lowest BCUT2D eigenvalue weighted by Gasteiger charge is -2.38. The maximum Gasteiger partial charge on any atom is 0.412 e. The molecule has 0 aromatic rings. The Bertz CT molecular complexity index is 843. The second kappa shape index (κ2) is 14.2. The van der Waals surface area contributed by atoms with Crippen LogP contribution in [0.4, 0.5) is 18.4 Å². The van der Waals surface area contributed by atoms with E-state index in [1.54, 1.807) is 25.7 Å². The number of nitrogens with one attached hydrogen (secondary N) is 1. The lowest BCUT2D eigenvalue weighted by molar-refractivity contribution is -0.0647. The summed E-state index contributed by atoms with van der Waals surface area (Å²) in [5.41, 5.74) is -4.35. The van der Waals surface area contributed by atoms with Gasteiger partial charge in [0.1, 0.15) is 28.3 Å². The number of rotatable bonds is 6. The highest BCUT2D eigenvalue weighted by molar-refractivity contribution is 5.70. The Hall–Kier alpha value is -1.68. The zero-order valence-electron chi connectivity index (χ0n) is 26.7. The van der Waals surface area contributed by atoms with Crippen LogP contribution in [0.2, 0.25) is 0 Å². The molecule has 10 heteroatoms. The van der Waals surface area contributed by atoms with Gasteiger partial charge in [-0.3, -0.25) is 4.90 Å². The number of ether oxygens (including phenoxy) is 3. The van der Waals surface area contributed by atoms with Crippen molar-refractivity contribution in [2.75, 3.05) is 13.2 Å². The van der Waals surface area contributed by atoms with Gasteiger partial charge in [-0.15, -0.1) is 0 Å². The Labute approximate surface area is 246 Å². The normalized spacial score (nSPS) is 24.5. The minimum absolute atomic E-state index is 0.155. The maximum absolute atomic E-state index is 15.0. The quantitative estimate of drug-likeness (QED) is 0.336. The van der Waals surface area contributed by atoms with Gasteiger partial charge in [0, 0.05) is 12.8 Å². The third-order valence-corrected chi connectivity index (χ3v) is 7.82. The van der Waals surface area contributed by atoms with E-state index in [2.05, 4.69) is 5.32 Å². The van der Waals surface area contributed by atoms with Crippen LogP contribution in [-0.4, -0.2) is 75.8 Å². The summed E-state index contributed by atoms with van der Waals surface area (Å²) in [5, 5.41) is 11.8. The van der Waals surface area contributed by atoms with Crippen LogP contribution in [0, 0.1) is 0 Å². The standard InChI is InChI=1S/C17H30FNO3.C14H26FNO3/c1-15(2,3)22-14(20)19-13(12-21-16(19,4)5)11-17(18)9-7-6-8-10-17;1-13(2,3)19-12(18)16-11(10-17)9-14(15)7-5-4-6-8-14/h13H,6-12H2,1-5H3;11,17H,4-10H2,1-3H3,(H,16,18)/t13-;11-/m00/s1. The summed E-state index contributed by atoms with van der Waals surface area (Å²) in [5.74, 6) is 0. The molecule has 1 saturated heterocycles. The summed E-state index contributed by atoms with van der Waals surface area (Å²) < 4.78 is 45.9. The topological polar surface area (TPSA) is 97.3 Å². The Balaban J connectivity index is 0.000000290. The number of aliphatic hydroxyl groups is 1. The number of halogens is 2. The SMILES string of the molecule is CC(C)(C)OC(=O)N1[C@@H](CC2(F)CCCCC2)COC1(C)C.CC(C)(C)OC(=O)N[C@H](CO)CC1(F)CCCCC1. The lowest BCUT2D eigenvalue weighted by Crippen LogP contribution is -2.51. The van der Waals surface area contributed by atoms with Crippen molar-refractivity contribution in [3.63, 3.8) is 0 Å².